The van der Waals surface area contributed by atoms with Gasteiger partial charge < -0.3 is 13.9 Å². The van der Waals surface area contributed by atoms with Crippen LogP contribution in [0.5, 0.6) is 5.75 Å². The van der Waals surface area contributed by atoms with Crippen molar-refractivity contribution in [3.8, 4) is 5.75 Å². The van der Waals surface area contributed by atoms with Gasteiger partial charge >= 0.3 is 15.6 Å². The molecule has 0 aliphatic rings. The van der Waals surface area contributed by atoms with Crippen LogP contribution >= 0.6 is 0 Å². The summed E-state index contributed by atoms with van der Waals surface area (Å²) in [6, 6.07) is 7.88. The van der Waals surface area contributed by atoms with E-state index in [1.165, 1.54) is 12.1 Å². The van der Waals surface area contributed by atoms with E-state index >= 15 is 0 Å². The van der Waals surface area contributed by atoms with Crippen LogP contribution in [0.2, 0.25) is 0 Å². The Morgan fingerprint density at radius 2 is 1.86 bits per heavy atom. The Hall–Kier alpha value is -2.75. The van der Waals surface area contributed by atoms with Crippen LogP contribution in [-0.2, 0) is 16.7 Å². The number of pyridine rings is 1. The number of imidazole rings is 1. The lowest BCUT2D eigenvalue weighted by atomic mass is 10.1. The van der Waals surface area contributed by atoms with Crippen molar-refractivity contribution in [2.45, 2.75) is 32.8 Å². The summed E-state index contributed by atoms with van der Waals surface area (Å²) in [5.74, 6) is -0.368. The van der Waals surface area contributed by atoms with Crippen molar-refractivity contribution < 1.29 is 25.8 Å². The molecule has 28 heavy (non-hydrogen) atoms. The van der Waals surface area contributed by atoms with Crippen LogP contribution in [0.3, 0.4) is 0 Å². The summed E-state index contributed by atoms with van der Waals surface area (Å²) in [7, 11) is -5.75. The predicted octanol–water partition coefficient (Wildman–Crippen LogP) is 4.10. The number of aryl methyl sites for hydroxylation is 3. The molecule has 0 spiro atoms. The van der Waals surface area contributed by atoms with E-state index in [9.17, 15) is 21.6 Å². The Bertz CT molecular complexity index is 1140. The van der Waals surface area contributed by atoms with Gasteiger partial charge in [-0.1, -0.05) is 12.1 Å². The van der Waals surface area contributed by atoms with Gasteiger partial charge in [-0.25, -0.2) is 4.98 Å². The summed E-state index contributed by atoms with van der Waals surface area (Å²) in [4.78, 5) is 4.49. The lowest BCUT2D eigenvalue weighted by Crippen LogP contribution is -2.28. The monoisotopic (exact) mass is 413 g/mol. The predicted molar refractivity (Wildman–Crippen MR) is 98.8 cm³/mol. The minimum absolute atomic E-state index is 0.0556. The van der Waals surface area contributed by atoms with Crippen molar-refractivity contribution in [1.82, 2.24) is 9.38 Å². The second-order valence-electron chi connectivity index (χ2n) is 6.29. The number of aromatic nitrogens is 2. The highest BCUT2D eigenvalue weighted by molar-refractivity contribution is 7.88. The van der Waals surface area contributed by atoms with Crippen LogP contribution in [0, 0.1) is 20.8 Å². The Morgan fingerprint density at radius 3 is 2.54 bits per heavy atom. The Morgan fingerprint density at radius 1 is 1.14 bits per heavy atom. The van der Waals surface area contributed by atoms with Crippen molar-refractivity contribution in [3.63, 3.8) is 0 Å². The van der Waals surface area contributed by atoms with Gasteiger partial charge in [0.15, 0.2) is 5.65 Å². The molecule has 1 N–H and O–H groups in total. The molecule has 150 valence electrons. The Kier molecular flexibility index (Phi) is 5.00. The summed E-state index contributed by atoms with van der Waals surface area (Å²) < 4.78 is 67.1. The van der Waals surface area contributed by atoms with E-state index in [1.807, 2.05) is 30.5 Å². The molecule has 0 fully saturated rings. The molecule has 2 aromatic heterocycles. The first-order valence-electron chi connectivity index (χ1n) is 8.28. The topological polar surface area (TPSA) is 72.7 Å². The van der Waals surface area contributed by atoms with Gasteiger partial charge in [-0.05, 0) is 44.5 Å². The van der Waals surface area contributed by atoms with Gasteiger partial charge in [0.05, 0.1) is 11.4 Å². The minimum atomic E-state index is -5.75. The Labute approximate surface area is 160 Å². The first-order valence-corrected chi connectivity index (χ1v) is 9.69. The van der Waals surface area contributed by atoms with Crippen LogP contribution in [0.4, 0.5) is 18.9 Å². The lowest BCUT2D eigenvalue weighted by molar-refractivity contribution is -0.0500. The number of fused-ring (bicyclic) bond motifs is 1. The van der Waals surface area contributed by atoms with Gasteiger partial charge in [0.1, 0.15) is 5.75 Å². The second kappa shape index (κ2) is 7.01. The molecule has 0 saturated heterocycles. The van der Waals surface area contributed by atoms with E-state index in [1.54, 1.807) is 19.1 Å². The van der Waals surface area contributed by atoms with Crippen LogP contribution in [0.25, 0.3) is 5.65 Å². The van der Waals surface area contributed by atoms with Crippen molar-refractivity contribution in [3.05, 3.63) is 59.0 Å². The van der Waals surface area contributed by atoms with Gasteiger partial charge in [0.2, 0.25) is 0 Å². The fourth-order valence-corrected chi connectivity index (χ4v) is 3.25. The van der Waals surface area contributed by atoms with Gasteiger partial charge in [-0.2, -0.15) is 21.6 Å². The summed E-state index contributed by atoms with van der Waals surface area (Å²) in [5.41, 5.74) is -1.47. The molecular formula is C18H18F3N3O3S. The fraction of sp³-hybridized carbons (Fsp3) is 0.278. The van der Waals surface area contributed by atoms with Gasteiger partial charge in [-0.15, -0.1) is 0 Å². The van der Waals surface area contributed by atoms with E-state index in [0.29, 0.717) is 22.5 Å². The molecular weight excluding hydrogens is 395 g/mol. The SMILES string of the molecule is Cc1cccc(OS(=O)(=O)C(F)(F)F)c1CNc1cccn2c(C)c(C)nc12. The zero-order valence-electron chi connectivity index (χ0n) is 15.3. The van der Waals surface area contributed by atoms with E-state index in [2.05, 4.69) is 14.5 Å². The van der Waals surface area contributed by atoms with Crippen molar-refractivity contribution >= 4 is 21.5 Å². The zero-order chi connectivity index (χ0) is 20.7. The smallest absolute Gasteiger partial charge is 0.378 e. The Balaban J connectivity index is 1.93. The standard InChI is InChI=1S/C18H18F3N3O3S/c1-11-6-4-8-16(27-28(25,26)18(19,20)21)14(11)10-22-15-7-5-9-24-13(3)12(2)23-17(15)24/h4-9,22H,10H2,1-3H3. The van der Waals surface area contributed by atoms with Crippen molar-refractivity contribution in [1.29, 1.82) is 0 Å². The lowest BCUT2D eigenvalue weighted by Gasteiger charge is -2.16. The summed E-state index contributed by atoms with van der Waals surface area (Å²) in [5, 5.41) is 3.11. The molecule has 3 rings (SSSR count). The molecule has 0 radical (unpaired) electrons. The van der Waals surface area contributed by atoms with E-state index in [0.717, 1.165) is 11.4 Å². The fourth-order valence-electron chi connectivity index (χ4n) is 2.77. The molecule has 0 amide bonds. The third-order valence-electron chi connectivity index (χ3n) is 4.43. The number of nitrogens with zero attached hydrogens (tertiary/aromatic N) is 2. The number of nitrogens with one attached hydrogen (secondary N) is 1. The average Bonchev–Trinajstić information content (AvgIpc) is 2.88. The number of halogens is 3. The third kappa shape index (κ3) is 3.64. The molecule has 10 heteroatoms. The van der Waals surface area contributed by atoms with Gasteiger partial charge in [-0.3, -0.25) is 0 Å². The van der Waals surface area contributed by atoms with Crippen molar-refractivity contribution in [2.24, 2.45) is 0 Å². The quantitative estimate of drug-likeness (QED) is 0.504. The van der Waals surface area contributed by atoms with Crippen LogP contribution < -0.4 is 9.50 Å². The first kappa shape index (κ1) is 20.0. The molecule has 0 saturated carbocycles. The molecule has 0 aliphatic heterocycles. The van der Waals surface area contributed by atoms with Crippen LogP contribution in [0.15, 0.2) is 36.5 Å². The van der Waals surface area contributed by atoms with Crippen LogP contribution in [0.1, 0.15) is 22.5 Å². The molecule has 3 aromatic rings. The van der Waals surface area contributed by atoms with E-state index in [4.69, 9.17) is 0 Å². The number of hydrogen-bond donors (Lipinski definition) is 1. The molecule has 0 bridgehead atoms. The largest absolute Gasteiger partial charge is 0.534 e. The molecule has 6 nitrogen and oxygen atoms in total. The number of benzene rings is 1. The summed E-state index contributed by atoms with van der Waals surface area (Å²) in [6.07, 6.45) is 1.86. The number of alkyl halides is 3. The van der Waals surface area contributed by atoms with Crippen LogP contribution in [-0.4, -0.2) is 23.3 Å². The number of rotatable bonds is 5. The first-order chi connectivity index (χ1) is 13.0. The normalized spacial score (nSPS) is 12.4. The molecule has 0 aliphatic carbocycles. The highest BCUT2D eigenvalue weighted by Gasteiger charge is 2.48. The van der Waals surface area contributed by atoms with E-state index < -0.39 is 15.6 Å². The maximum absolute atomic E-state index is 12.7. The zero-order valence-corrected chi connectivity index (χ0v) is 16.1. The van der Waals surface area contributed by atoms with E-state index in [-0.39, 0.29) is 12.3 Å². The highest BCUT2D eigenvalue weighted by Crippen LogP contribution is 2.31. The summed E-state index contributed by atoms with van der Waals surface area (Å²) >= 11 is 0. The number of anilines is 1. The van der Waals surface area contributed by atoms with Gasteiger partial charge in [0, 0.05) is 24.0 Å². The maximum atomic E-state index is 12.7. The maximum Gasteiger partial charge on any atom is 0.534 e. The molecule has 1 aromatic carbocycles. The highest BCUT2D eigenvalue weighted by atomic mass is 32.2. The molecule has 0 unspecified atom stereocenters. The minimum Gasteiger partial charge on any atom is -0.378 e. The molecule has 0 atom stereocenters. The summed E-state index contributed by atoms with van der Waals surface area (Å²) in [6.45, 7) is 5.52. The number of hydrogen-bond acceptors (Lipinski definition) is 5. The second-order valence-corrected chi connectivity index (χ2v) is 7.82. The third-order valence-corrected chi connectivity index (χ3v) is 5.40. The molecule has 2 heterocycles. The van der Waals surface area contributed by atoms with Crippen molar-refractivity contribution in [2.75, 3.05) is 5.32 Å². The van der Waals surface area contributed by atoms with Gasteiger partial charge in [0.25, 0.3) is 0 Å². The average molecular weight is 413 g/mol.